The third kappa shape index (κ3) is 3.51. The molecule has 1 aliphatic rings. The van der Waals surface area contributed by atoms with Crippen LogP contribution in [0.4, 0.5) is 0 Å². The zero-order valence-electron chi connectivity index (χ0n) is 18.2. The van der Waals surface area contributed by atoms with Gasteiger partial charge in [-0.3, -0.25) is 14.0 Å². The van der Waals surface area contributed by atoms with E-state index >= 15 is 0 Å². The van der Waals surface area contributed by atoms with Gasteiger partial charge in [-0.25, -0.2) is 4.98 Å². The van der Waals surface area contributed by atoms with Gasteiger partial charge in [0, 0.05) is 19.3 Å². The molecule has 0 saturated carbocycles. The van der Waals surface area contributed by atoms with Crippen LogP contribution in [0.5, 0.6) is 0 Å². The fourth-order valence-electron chi connectivity index (χ4n) is 4.13. The Balaban J connectivity index is 1.94. The summed E-state index contributed by atoms with van der Waals surface area (Å²) in [6.45, 7) is 4.71. The van der Waals surface area contributed by atoms with E-state index in [1.807, 2.05) is 68.4 Å². The standard InChI is InChI=1S/C24H26N4O3/c1-15-9-8-12-27-19(16(2)25-23(15)27)21(29)18-20(17-10-6-5-7-11-17)28(14-13-26(3)4)24(31)22(18)30/h5-12,20,29H,13-14H2,1-4H3/b21-18+/t20-/m0/s1. The number of imidazole rings is 1. The minimum Gasteiger partial charge on any atom is -0.505 e. The Hall–Kier alpha value is -3.45. The van der Waals surface area contributed by atoms with Gasteiger partial charge in [0.15, 0.2) is 5.76 Å². The third-order valence-corrected chi connectivity index (χ3v) is 5.69. The first-order valence-electron chi connectivity index (χ1n) is 10.2. The maximum atomic E-state index is 13.1. The van der Waals surface area contributed by atoms with Crippen LogP contribution in [-0.4, -0.2) is 63.2 Å². The SMILES string of the molecule is Cc1nc2c(C)cccn2c1/C(O)=C1\C(=O)C(=O)N(CCN(C)C)[C@H]1c1ccccc1. The van der Waals surface area contributed by atoms with Gasteiger partial charge in [-0.15, -0.1) is 0 Å². The third-order valence-electron chi connectivity index (χ3n) is 5.69. The van der Waals surface area contributed by atoms with Crippen molar-refractivity contribution in [3.63, 3.8) is 0 Å². The van der Waals surface area contributed by atoms with E-state index in [-0.39, 0.29) is 11.3 Å². The number of aryl methyl sites for hydroxylation is 2. The molecule has 4 rings (SSSR count). The number of hydrogen-bond donors (Lipinski definition) is 1. The predicted molar refractivity (Wildman–Crippen MR) is 119 cm³/mol. The summed E-state index contributed by atoms with van der Waals surface area (Å²) in [5, 5.41) is 11.4. The summed E-state index contributed by atoms with van der Waals surface area (Å²) in [6.07, 6.45) is 1.80. The molecule has 0 radical (unpaired) electrons. The molecular formula is C24H26N4O3. The first kappa shape index (κ1) is 20.8. The number of fused-ring (bicyclic) bond motifs is 1. The summed E-state index contributed by atoms with van der Waals surface area (Å²) in [5.41, 5.74) is 3.57. The zero-order chi connectivity index (χ0) is 22.3. The van der Waals surface area contributed by atoms with Gasteiger partial charge in [-0.2, -0.15) is 0 Å². The molecule has 1 atom stereocenters. The van der Waals surface area contributed by atoms with Gasteiger partial charge in [0.1, 0.15) is 11.3 Å². The molecule has 160 valence electrons. The van der Waals surface area contributed by atoms with E-state index in [1.54, 1.807) is 22.4 Å². The number of pyridine rings is 1. The highest BCUT2D eigenvalue weighted by atomic mass is 16.3. The summed E-state index contributed by atoms with van der Waals surface area (Å²) < 4.78 is 1.77. The number of hydrogen-bond acceptors (Lipinski definition) is 5. The van der Waals surface area contributed by atoms with Crippen molar-refractivity contribution in [1.82, 2.24) is 19.2 Å². The average Bonchev–Trinajstić information content (AvgIpc) is 3.21. The van der Waals surface area contributed by atoms with Gasteiger partial charge in [0.05, 0.1) is 17.3 Å². The molecule has 1 aliphatic heterocycles. The summed E-state index contributed by atoms with van der Waals surface area (Å²) in [4.78, 5) is 34.2. The lowest BCUT2D eigenvalue weighted by Crippen LogP contribution is -2.35. The Labute approximate surface area is 181 Å². The number of Topliss-reactive ketones (excluding diaryl/α,β-unsaturated/α-hetero) is 1. The topological polar surface area (TPSA) is 78.1 Å². The number of carbonyl (C=O) groups excluding carboxylic acids is 2. The molecule has 31 heavy (non-hydrogen) atoms. The van der Waals surface area contributed by atoms with Crippen LogP contribution in [0.2, 0.25) is 0 Å². The number of benzene rings is 1. The lowest BCUT2D eigenvalue weighted by Gasteiger charge is -2.26. The number of aromatic nitrogens is 2. The van der Waals surface area contributed by atoms with E-state index < -0.39 is 17.7 Å². The largest absolute Gasteiger partial charge is 0.505 e. The minimum absolute atomic E-state index is 0.0985. The van der Waals surface area contributed by atoms with Gasteiger partial charge in [-0.1, -0.05) is 36.4 Å². The quantitative estimate of drug-likeness (QED) is 0.392. The van der Waals surface area contributed by atoms with Gasteiger partial charge >= 0.3 is 0 Å². The molecule has 0 aliphatic carbocycles. The van der Waals surface area contributed by atoms with Crippen molar-refractivity contribution in [2.75, 3.05) is 27.2 Å². The van der Waals surface area contributed by atoms with E-state index in [4.69, 9.17) is 0 Å². The Morgan fingerprint density at radius 2 is 1.81 bits per heavy atom. The Morgan fingerprint density at radius 3 is 2.48 bits per heavy atom. The maximum absolute atomic E-state index is 13.1. The van der Waals surface area contributed by atoms with Crippen molar-refractivity contribution in [3.05, 3.63) is 76.7 Å². The smallest absolute Gasteiger partial charge is 0.295 e. The summed E-state index contributed by atoms with van der Waals surface area (Å²) in [5.74, 6) is -1.47. The van der Waals surface area contributed by atoms with Crippen LogP contribution in [0.15, 0.2) is 54.2 Å². The van der Waals surface area contributed by atoms with Crippen molar-refractivity contribution < 1.29 is 14.7 Å². The van der Waals surface area contributed by atoms with Crippen molar-refractivity contribution in [1.29, 1.82) is 0 Å². The molecule has 0 unspecified atom stereocenters. The number of amides is 1. The number of aliphatic hydroxyl groups excluding tert-OH is 1. The second kappa shape index (κ2) is 8.00. The van der Waals surface area contributed by atoms with Crippen molar-refractivity contribution in [2.45, 2.75) is 19.9 Å². The monoisotopic (exact) mass is 418 g/mol. The summed E-state index contributed by atoms with van der Waals surface area (Å²) in [7, 11) is 3.83. The number of ketones is 1. The summed E-state index contributed by atoms with van der Waals surface area (Å²) >= 11 is 0. The molecule has 0 bridgehead atoms. The molecule has 1 aromatic carbocycles. The molecule has 1 fully saturated rings. The van der Waals surface area contributed by atoms with Gasteiger partial charge in [0.25, 0.3) is 11.7 Å². The number of carbonyl (C=O) groups is 2. The molecule has 1 amide bonds. The molecule has 3 heterocycles. The lowest BCUT2D eigenvalue weighted by molar-refractivity contribution is -0.140. The van der Waals surface area contributed by atoms with Crippen molar-refractivity contribution >= 4 is 23.1 Å². The number of likely N-dealkylation sites (tertiary alicyclic amines) is 1. The number of aliphatic hydroxyl groups is 1. The Bertz CT molecular complexity index is 1190. The first-order chi connectivity index (χ1) is 14.8. The highest BCUT2D eigenvalue weighted by molar-refractivity contribution is 6.46. The van der Waals surface area contributed by atoms with Crippen LogP contribution in [-0.2, 0) is 9.59 Å². The molecule has 3 aromatic rings. The normalized spacial score (nSPS) is 18.5. The van der Waals surface area contributed by atoms with Crippen LogP contribution < -0.4 is 0 Å². The maximum Gasteiger partial charge on any atom is 0.295 e. The number of rotatable bonds is 5. The molecule has 1 N–H and O–H groups in total. The van der Waals surface area contributed by atoms with Crippen molar-refractivity contribution in [2.24, 2.45) is 0 Å². The van der Waals surface area contributed by atoms with E-state index in [9.17, 15) is 14.7 Å². The van der Waals surface area contributed by atoms with E-state index in [2.05, 4.69) is 4.98 Å². The minimum atomic E-state index is -0.674. The zero-order valence-corrected chi connectivity index (χ0v) is 18.2. The second-order valence-electron chi connectivity index (χ2n) is 8.14. The molecule has 0 spiro atoms. The van der Waals surface area contributed by atoms with Gasteiger partial charge in [0.2, 0.25) is 0 Å². The number of nitrogens with zero attached hydrogens (tertiary/aromatic N) is 4. The van der Waals surface area contributed by atoms with Gasteiger partial charge < -0.3 is 14.9 Å². The fraction of sp³-hybridized carbons (Fsp3) is 0.292. The van der Waals surface area contributed by atoms with Crippen LogP contribution in [0.3, 0.4) is 0 Å². The Kier molecular flexibility index (Phi) is 5.37. The second-order valence-corrected chi connectivity index (χ2v) is 8.14. The van der Waals surface area contributed by atoms with Crippen LogP contribution in [0.1, 0.15) is 28.6 Å². The average molecular weight is 418 g/mol. The first-order valence-corrected chi connectivity index (χ1v) is 10.2. The van der Waals surface area contributed by atoms with Gasteiger partial charge in [-0.05, 0) is 45.1 Å². The van der Waals surface area contributed by atoms with E-state index in [0.29, 0.717) is 30.1 Å². The molecular weight excluding hydrogens is 392 g/mol. The Morgan fingerprint density at radius 1 is 1.10 bits per heavy atom. The molecule has 7 heteroatoms. The summed E-state index contributed by atoms with van der Waals surface area (Å²) in [6, 6.07) is 12.5. The fourth-order valence-corrected chi connectivity index (χ4v) is 4.13. The number of likely N-dealkylation sites (N-methyl/N-ethyl adjacent to an activating group) is 1. The molecule has 1 saturated heterocycles. The predicted octanol–water partition coefficient (Wildman–Crippen LogP) is 2.93. The highest BCUT2D eigenvalue weighted by Gasteiger charge is 2.46. The van der Waals surface area contributed by atoms with E-state index in [0.717, 1.165) is 11.1 Å². The van der Waals surface area contributed by atoms with E-state index in [1.165, 1.54) is 0 Å². The highest BCUT2D eigenvalue weighted by Crippen LogP contribution is 2.39. The van der Waals surface area contributed by atoms with Crippen LogP contribution in [0.25, 0.3) is 11.4 Å². The van der Waals surface area contributed by atoms with Crippen LogP contribution in [0, 0.1) is 13.8 Å². The van der Waals surface area contributed by atoms with Crippen LogP contribution >= 0.6 is 0 Å². The molecule has 2 aromatic heterocycles. The van der Waals surface area contributed by atoms with Crippen molar-refractivity contribution in [3.8, 4) is 0 Å². The molecule has 7 nitrogen and oxygen atoms in total. The lowest BCUT2D eigenvalue weighted by atomic mass is 9.96.